The van der Waals surface area contributed by atoms with Gasteiger partial charge in [0.15, 0.2) is 12.7 Å². The average Bonchev–Trinajstić information content (AvgIpc) is 3.21. The zero-order valence-corrected chi connectivity index (χ0v) is 13.0. The Hall–Kier alpha value is -1.63. The molecule has 7 heteroatoms. The lowest BCUT2D eigenvalue weighted by Crippen LogP contribution is -2.37. The van der Waals surface area contributed by atoms with Crippen LogP contribution in [0.15, 0.2) is 22.7 Å². The fourth-order valence-electron chi connectivity index (χ4n) is 1.56. The number of ether oxygens (including phenoxy) is 2. The van der Waals surface area contributed by atoms with E-state index in [9.17, 15) is 14.0 Å². The van der Waals surface area contributed by atoms with Crippen molar-refractivity contribution in [2.45, 2.75) is 31.9 Å². The van der Waals surface area contributed by atoms with Crippen LogP contribution in [0, 0.1) is 5.82 Å². The zero-order valence-electron chi connectivity index (χ0n) is 11.4. The summed E-state index contributed by atoms with van der Waals surface area (Å²) in [5, 5.41) is 2.74. The summed E-state index contributed by atoms with van der Waals surface area (Å²) in [6.07, 6.45) is 1.07. The summed E-state index contributed by atoms with van der Waals surface area (Å²) in [5.41, 5.74) is 0. The summed E-state index contributed by atoms with van der Waals surface area (Å²) in [6, 6.07) is 4.06. The maximum atomic E-state index is 12.9. The smallest absolute Gasteiger partial charge is 0.344 e. The van der Waals surface area contributed by atoms with Crippen LogP contribution in [-0.4, -0.2) is 30.6 Å². The molecule has 0 unspecified atom stereocenters. The highest BCUT2D eigenvalue weighted by Crippen LogP contribution is 2.25. The quantitative estimate of drug-likeness (QED) is 0.790. The molecule has 1 fully saturated rings. The molecule has 1 aliphatic carbocycles. The molecule has 1 atom stereocenters. The normalized spacial score (nSPS) is 15.2. The van der Waals surface area contributed by atoms with Crippen molar-refractivity contribution >= 4 is 27.8 Å². The molecule has 114 valence electrons. The number of hydrogen-bond donors (Lipinski definition) is 1. The molecule has 0 spiro atoms. The molecule has 0 saturated heterocycles. The van der Waals surface area contributed by atoms with Gasteiger partial charge in [0.2, 0.25) is 0 Å². The average molecular weight is 360 g/mol. The number of halogens is 2. The summed E-state index contributed by atoms with van der Waals surface area (Å²) in [4.78, 5) is 23.2. The Labute approximate surface area is 129 Å². The number of hydrogen-bond acceptors (Lipinski definition) is 4. The SMILES string of the molecule is C[C@@H](OC(=O)COc1ccc(F)cc1Br)C(=O)NC1CC1. The second-order valence-corrected chi connectivity index (χ2v) is 5.63. The Morgan fingerprint density at radius 3 is 2.81 bits per heavy atom. The van der Waals surface area contributed by atoms with Gasteiger partial charge in [-0.3, -0.25) is 4.79 Å². The van der Waals surface area contributed by atoms with Crippen LogP contribution in [0.5, 0.6) is 5.75 Å². The number of rotatable bonds is 6. The van der Waals surface area contributed by atoms with Crippen LogP contribution in [0.4, 0.5) is 4.39 Å². The van der Waals surface area contributed by atoms with Crippen LogP contribution in [0.25, 0.3) is 0 Å². The standard InChI is InChI=1S/C14H15BrFNO4/c1-8(14(19)17-10-3-4-10)21-13(18)7-20-12-5-2-9(16)6-11(12)15/h2,5-6,8,10H,3-4,7H2,1H3,(H,17,19)/t8-/m1/s1. The Morgan fingerprint density at radius 1 is 1.48 bits per heavy atom. The molecule has 0 aliphatic heterocycles. The number of esters is 1. The van der Waals surface area contributed by atoms with Gasteiger partial charge in [0.1, 0.15) is 11.6 Å². The molecule has 1 N–H and O–H groups in total. The summed E-state index contributed by atoms with van der Waals surface area (Å²) in [7, 11) is 0. The highest BCUT2D eigenvalue weighted by atomic mass is 79.9. The van der Waals surface area contributed by atoms with E-state index in [1.165, 1.54) is 25.1 Å². The van der Waals surface area contributed by atoms with Gasteiger partial charge in [-0.25, -0.2) is 9.18 Å². The third-order valence-corrected chi connectivity index (χ3v) is 3.46. The van der Waals surface area contributed by atoms with Gasteiger partial charge in [0, 0.05) is 6.04 Å². The van der Waals surface area contributed by atoms with E-state index in [0.29, 0.717) is 10.2 Å². The monoisotopic (exact) mass is 359 g/mol. The second kappa shape index (κ2) is 6.89. The van der Waals surface area contributed by atoms with E-state index in [2.05, 4.69) is 21.2 Å². The predicted octanol–water partition coefficient (Wildman–Crippen LogP) is 2.18. The minimum Gasteiger partial charge on any atom is -0.481 e. The number of carbonyl (C=O) groups is 2. The largest absolute Gasteiger partial charge is 0.481 e. The van der Waals surface area contributed by atoms with E-state index >= 15 is 0 Å². The van der Waals surface area contributed by atoms with Gasteiger partial charge >= 0.3 is 5.97 Å². The topological polar surface area (TPSA) is 64.6 Å². The van der Waals surface area contributed by atoms with Crippen molar-refractivity contribution in [3.63, 3.8) is 0 Å². The van der Waals surface area contributed by atoms with Crippen LogP contribution in [0.1, 0.15) is 19.8 Å². The van der Waals surface area contributed by atoms with Crippen molar-refractivity contribution in [2.24, 2.45) is 0 Å². The van der Waals surface area contributed by atoms with E-state index in [4.69, 9.17) is 9.47 Å². The lowest BCUT2D eigenvalue weighted by Gasteiger charge is -2.13. The van der Waals surface area contributed by atoms with Gasteiger partial charge in [-0.2, -0.15) is 0 Å². The van der Waals surface area contributed by atoms with Gasteiger partial charge in [0.25, 0.3) is 5.91 Å². The van der Waals surface area contributed by atoms with Gasteiger partial charge < -0.3 is 14.8 Å². The number of amides is 1. The van der Waals surface area contributed by atoms with Gasteiger partial charge in [-0.05, 0) is 53.9 Å². The lowest BCUT2D eigenvalue weighted by atomic mass is 10.3. The molecule has 1 amide bonds. The Morgan fingerprint density at radius 2 is 2.19 bits per heavy atom. The molecule has 21 heavy (non-hydrogen) atoms. The van der Waals surface area contributed by atoms with E-state index < -0.39 is 17.9 Å². The molecule has 1 aliphatic rings. The third kappa shape index (κ3) is 5.00. The lowest BCUT2D eigenvalue weighted by molar-refractivity contribution is -0.156. The molecule has 0 bridgehead atoms. The molecular weight excluding hydrogens is 345 g/mol. The molecule has 1 aromatic carbocycles. The fraction of sp³-hybridized carbons (Fsp3) is 0.429. The van der Waals surface area contributed by atoms with Crippen molar-refractivity contribution in [1.82, 2.24) is 5.32 Å². The Balaban J connectivity index is 1.77. The minimum absolute atomic E-state index is 0.213. The van der Waals surface area contributed by atoms with Crippen molar-refractivity contribution in [1.29, 1.82) is 0 Å². The molecule has 0 aromatic heterocycles. The van der Waals surface area contributed by atoms with E-state index in [-0.39, 0.29) is 18.6 Å². The maximum Gasteiger partial charge on any atom is 0.344 e. The number of benzene rings is 1. The summed E-state index contributed by atoms with van der Waals surface area (Å²) >= 11 is 3.12. The van der Waals surface area contributed by atoms with Gasteiger partial charge in [-0.1, -0.05) is 0 Å². The first kappa shape index (κ1) is 15.8. The zero-order chi connectivity index (χ0) is 15.4. The van der Waals surface area contributed by atoms with Crippen molar-refractivity contribution in [3.05, 3.63) is 28.5 Å². The molecule has 2 rings (SSSR count). The molecular formula is C14H15BrFNO4. The van der Waals surface area contributed by atoms with Crippen molar-refractivity contribution in [3.8, 4) is 5.75 Å². The van der Waals surface area contributed by atoms with Gasteiger partial charge in [-0.15, -0.1) is 0 Å². The first-order chi connectivity index (χ1) is 9.95. The predicted molar refractivity (Wildman–Crippen MR) is 76.3 cm³/mol. The Kier molecular flexibility index (Phi) is 5.17. The number of nitrogens with one attached hydrogen (secondary N) is 1. The van der Waals surface area contributed by atoms with E-state index in [1.54, 1.807) is 0 Å². The Bertz CT molecular complexity index is 548. The highest BCUT2D eigenvalue weighted by molar-refractivity contribution is 9.10. The second-order valence-electron chi connectivity index (χ2n) is 4.78. The van der Waals surface area contributed by atoms with E-state index in [1.807, 2.05) is 0 Å². The molecule has 0 heterocycles. The van der Waals surface area contributed by atoms with E-state index in [0.717, 1.165) is 12.8 Å². The summed E-state index contributed by atoms with van der Waals surface area (Å²) < 4.78 is 23.5. The fourth-order valence-corrected chi connectivity index (χ4v) is 2.03. The summed E-state index contributed by atoms with van der Waals surface area (Å²) in [5.74, 6) is -1.07. The maximum absolute atomic E-state index is 12.9. The van der Waals surface area contributed by atoms with Crippen molar-refractivity contribution < 1.29 is 23.5 Å². The van der Waals surface area contributed by atoms with Gasteiger partial charge in [0.05, 0.1) is 4.47 Å². The van der Waals surface area contributed by atoms with Crippen LogP contribution in [0.2, 0.25) is 0 Å². The molecule has 1 saturated carbocycles. The minimum atomic E-state index is -0.863. The molecule has 0 radical (unpaired) electrons. The first-order valence-corrected chi connectivity index (χ1v) is 7.32. The number of carbonyl (C=O) groups excluding carboxylic acids is 2. The molecule has 5 nitrogen and oxygen atoms in total. The van der Waals surface area contributed by atoms with Crippen LogP contribution in [-0.2, 0) is 14.3 Å². The van der Waals surface area contributed by atoms with Crippen LogP contribution in [0.3, 0.4) is 0 Å². The van der Waals surface area contributed by atoms with Crippen molar-refractivity contribution in [2.75, 3.05) is 6.61 Å². The molecule has 1 aromatic rings. The third-order valence-electron chi connectivity index (χ3n) is 2.84. The highest BCUT2D eigenvalue weighted by Gasteiger charge is 2.27. The summed E-state index contributed by atoms with van der Waals surface area (Å²) in [6.45, 7) is 1.15. The first-order valence-electron chi connectivity index (χ1n) is 6.53. The van der Waals surface area contributed by atoms with Crippen LogP contribution >= 0.6 is 15.9 Å². The van der Waals surface area contributed by atoms with Crippen LogP contribution < -0.4 is 10.1 Å².